The lowest BCUT2D eigenvalue weighted by molar-refractivity contribution is -0.142. The van der Waals surface area contributed by atoms with Crippen molar-refractivity contribution in [1.29, 1.82) is 0 Å². The third kappa shape index (κ3) is 4.05. The molecule has 1 aromatic heterocycles. The van der Waals surface area contributed by atoms with Crippen molar-refractivity contribution in [3.8, 4) is 5.69 Å². The first kappa shape index (κ1) is 18.8. The molecular weight excluding hydrogens is 353 g/mol. The van der Waals surface area contributed by atoms with E-state index >= 15 is 0 Å². The molecule has 142 valence electrons. The van der Waals surface area contributed by atoms with Crippen LogP contribution in [0.2, 0.25) is 0 Å². The highest BCUT2D eigenvalue weighted by atomic mass is 19.1. The van der Waals surface area contributed by atoms with Crippen LogP contribution in [0.15, 0.2) is 35.1 Å². The fraction of sp³-hybridized carbons (Fsp3) is 0.368. The zero-order valence-electron chi connectivity index (χ0n) is 14.8. The molecule has 1 heterocycles. The summed E-state index contributed by atoms with van der Waals surface area (Å²) in [6.45, 7) is 1.61. The lowest BCUT2D eigenvalue weighted by atomic mass is 9.86. The first-order chi connectivity index (χ1) is 12.9. The Morgan fingerprint density at radius 3 is 2.52 bits per heavy atom. The number of amides is 1. The quantitative estimate of drug-likeness (QED) is 0.854. The first-order valence-electron chi connectivity index (χ1n) is 8.76. The molecule has 0 atom stereocenters. The van der Waals surface area contributed by atoms with Crippen molar-refractivity contribution in [2.45, 2.75) is 38.6 Å². The largest absolute Gasteiger partial charge is 0.481 e. The number of carboxylic acids is 1. The van der Waals surface area contributed by atoms with Gasteiger partial charge in [-0.25, -0.2) is 9.07 Å². The van der Waals surface area contributed by atoms with Gasteiger partial charge >= 0.3 is 5.97 Å². The molecule has 0 radical (unpaired) electrons. The highest BCUT2D eigenvalue weighted by Crippen LogP contribution is 2.24. The number of carbonyl (C=O) groups excluding carboxylic acids is 1. The minimum atomic E-state index is -0.826. The van der Waals surface area contributed by atoms with Crippen LogP contribution in [-0.2, 0) is 4.79 Å². The number of hydrogen-bond acceptors (Lipinski definition) is 4. The molecule has 1 saturated carbocycles. The number of benzene rings is 1. The normalized spacial score (nSPS) is 19.5. The molecular formula is C19H20FN3O4. The van der Waals surface area contributed by atoms with Crippen molar-refractivity contribution >= 4 is 11.9 Å². The molecule has 3 rings (SSSR count). The predicted octanol–water partition coefficient (Wildman–Crippen LogP) is 2.05. The van der Waals surface area contributed by atoms with Crippen molar-refractivity contribution in [3.63, 3.8) is 0 Å². The number of halogens is 1. The van der Waals surface area contributed by atoms with Crippen LogP contribution in [0.25, 0.3) is 5.69 Å². The Morgan fingerprint density at radius 2 is 1.89 bits per heavy atom. The minimum Gasteiger partial charge on any atom is -0.481 e. The number of nitrogens with zero attached hydrogens (tertiary/aromatic N) is 2. The van der Waals surface area contributed by atoms with E-state index in [0.717, 1.165) is 0 Å². The third-order valence-corrected chi connectivity index (χ3v) is 4.81. The van der Waals surface area contributed by atoms with Crippen molar-refractivity contribution in [2.75, 3.05) is 0 Å². The van der Waals surface area contributed by atoms with E-state index in [2.05, 4.69) is 10.4 Å². The topological polar surface area (TPSA) is 101 Å². The zero-order chi connectivity index (χ0) is 19.6. The maximum Gasteiger partial charge on any atom is 0.306 e. The lowest BCUT2D eigenvalue weighted by Gasteiger charge is -2.26. The monoisotopic (exact) mass is 373 g/mol. The van der Waals surface area contributed by atoms with Gasteiger partial charge in [-0.05, 0) is 44.7 Å². The standard InChI is InChI=1S/C19H20FN3O4/c1-11-10-16(24)17(22-23(11)15-5-3-2-4-14(15)20)18(25)21-13-8-6-12(7-9-13)19(26)27/h2-5,10,12-13H,6-9H2,1H3,(H,21,25)(H,26,27). The summed E-state index contributed by atoms with van der Waals surface area (Å²) in [6, 6.07) is 6.99. The van der Waals surface area contributed by atoms with Crippen molar-refractivity contribution < 1.29 is 19.1 Å². The second-order valence-corrected chi connectivity index (χ2v) is 6.72. The highest BCUT2D eigenvalue weighted by molar-refractivity contribution is 5.92. The zero-order valence-corrected chi connectivity index (χ0v) is 14.8. The SMILES string of the molecule is Cc1cc(=O)c(C(=O)NC2CCC(C(=O)O)CC2)nn1-c1ccccc1F. The maximum atomic E-state index is 14.1. The van der Waals surface area contributed by atoms with E-state index in [4.69, 9.17) is 5.11 Å². The molecule has 1 fully saturated rings. The van der Waals surface area contributed by atoms with Gasteiger partial charge < -0.3 is 10.4 Å². The van der Waals surface area contributed by atoms with Gasteiger partial charge in [0, 0.05) is 17.8 Å². The number of rotatable bonds is 4. The van der Waals surface area contributed by atoms with Gasteiger partial charge in [-0.3, -0.25) is 14.4 Å². The average Bonchev–Trinajstić information content (AvgIpc) is 2.63. The van der Waals surface area contributed by atoms with Gasteiger partial charge in [0.2, 0.25) is 5.43 Å². The Kier molecular flexibility index (Phi) is 5.34. The Hall–Kier alpha value is -3.03. The van der Waals surface area contributed by atoms with Crippen molar-refractivity contribution in [3.05, 3.63) is 57.8 Å². The van der Waals surface area contributed by atoms with Gasteiger partial charge in [0.1, 0.15) is 11.5 Å². The summed E-state index contributed by atoms with van der Waals surface area (Å²) >= 11 is 0. The average molecular weight is 373 g/mol. The number of hydrogen-bond donors (Lipinski definition) is 2. The summed E-state index contributed by atoms with van der Waals surface area (Å²) in [5.74, 6) is -2.37. The number of para-hydroxylation sites is 1. The number of carboxylic acid groups (broad SMARTS) is 1. The molecule has 1 aliphatic rings. The van der Waals surface area contributed by atoms with Gasteiger partial charge in [-0.2, -0.15) is 5.10 Å². The third-order valence-electron chi connectivity index (χ3n) is 4.81. The van der Waals surface area contributed by atoms with Gasteiger partial charge in [0.15, 0.2) is 5.69 Å². The minimum absolute atomic E-state index is 0.144. The van der Waals surface area contributed by atoms with Gasteiger partial charge in [0.25, 0.3) is 5.91 Å². The van der Waals surface area contributed by atoms with Crippen LogP contribution in [0.3, 0.4) is 0 Å². The summed E-state index contributed by atoms with van der Waals surface area (Å²) in [6.07, 6.45) is 1.99. The summed E-state index contributed by atoms with van der Waals surface area (Å²) in [7, 11) is 0. The molecule has 2 N–H and O–H groups in total. The Morgan fingerprint density at radius 1 is 1.22 bits per heavy atom. The molecule has 0 spiro atoms. The van der Waals surface area contributed by atoms with Gasteiger partial charge in [-0.15, -0.1) is 0 Å². The molecule has 1 aromatic carbocycles. The van der Waals surface area contributed by atoms with Crippen LogP contribution in [0.1, 0.15) is 41.9 Å². The fourth-order valence-electron chi connectivity index (χ4n) is 3.31. The maximum absolute atomic E-state index is 14.1. The number of carbonyl (C=O) groups is 2. The molecule has 1 aliphatic carbocycles. The highest BCUT2D eigenvalue weighted by Gasteiger charge is 2.28. The molecule has 7 nitrogen and oxygen atoms in total. The number of aromatic nitrogens is 2. The van der Waals surface area contributed by atoms with Crippen molar-refractivity contribution in [1.82, 2.24) is 15.1 Å². The van der Waals surface area contributed by atoms with E-state index in [-0.39, 0.29) is 17.4 Å². The van der Waals surface area contributed by atoms with Crippen LogP contribution in [0.4, 0.5) is 4.39 Å². The van der Waals surface area contributed by atoms with Crippen LogP contribution in [0.5, 0.6) is 0 Å². The lowest BCUT2D eigenvalue weighted by Crippen LogP contribution is -2.41. The molecule has 0 saturated heterocycles. The molecule has 2 aromatic rings. The van der Waals surface area contributed by atoms with Crippen LogP contribution in [-0.4, -0.2) is 32.8 Å². The van der Waals surface area contributed by atoms with E-state index in [9.17, 15) is 18.8 Å². The number of aryl methyl sites for hydroxylation is 1. The summed E-state index contributed by atoms with van der Waals surface area (Å²) in [5, 5.41) is 15.9. The molecule has 8 heteroatoms. The van der Waals surface area contributed by atoms with Crippen LogP contribution in [0, 0.1) is 18.7 Å². The number of nitrogens with one attached hydrogen (secondary N) is 1. The van der Waals surface area contributed by atoms with Crippen molar-refractivity contribution in [2.24, 2.45) is 5.92 Å². The second-order valence-electron chi connectivity index (χ2n) is 6.72. The second kappa shape index (κ2) is 7.69. The Bertz CT molecular complexity index is 933. The smallest absolute Gasteiger partial charge is 0.306 e. The van der Waals surface area contributed by atoms with E-state index in [1.807, 2.05) is 0 Å². The first-order valence-corrected chi connectivity index (χ1v) is 8.76. The fourth-order valence-corrected chi connectivity index (χ4v) is 3.31. The van der Waals surface area contributed by atoms with E-state index in [0.29, 0.717) is 31.4 Å². The summed E-state index contributed by atoms with van der Waals surface area (Å²) < 4.78 is 15.3. The molecule has 0 aliphatic heterocycles. The number of aliphatic carboxylic acids is 1. The van der Waals surface area contributed by atoms with E-state index < -0.39 is 29.0 Å². The van der Waals surface area contributed by atoms with E-state index in [1.54, 1.807) is 13.0 Å². The van der Waals surface area contributed by atoms with Crippen LogP contribution >= 0.6 is 0 Å². The molecule has 0 unspecified atom stereocenters. The molecule has 1 amide bonds. The predicted molar refractivity (Wildman–Crippen MR) is 95.4 cm³/mol. The van der Waals surface area contributed by atoms with E-state index in [1.165, 1.54) is 28.9 Å². The Balaban J connectivity index is 1.81. The van der Waals surface area contributed by atoms with Gasteiger partial charge in [-0.1, -0.05) is 12.1 Å². The van der Waals surface area contributed by atoms with Gasteiger partial charge in [0.05, 0.1) is 5.92 Å². The summed E-state index contributed by atoms with van der Waals surface area (Å²) in [5.41, 5.74) is -0.310. The summed E-state index contributed by atoms with van der Waals surface area (Å²) in [4.78, 5) is 35.8. The van der Waals surface area contributed by atoms with Crippen LogP contribution < -0.4 is 10.7 Å². The molecule has 0 bridgehead atoms. The Labute approximate surface area is 154 Å². The molecule has 27 heavy (non-hydrogen) atoms.